The van der Waals surface area contributed by atoms with Crippen molar-refractivity contribution in [2.45, 2.75) is 38.8 Å². The van der Waals surface area contributed by atoms with Crippen LogP contribution in [0.2, 0.25) is 0 Å². The van der Waals surface area contributed by atoms with Gasteiger partial charge >= 0.3 is 0 Å². The summed E-state index contributed by atoms with van der Waals surface area (Å²) in [5.41, 5.74) is 1.09. The van der Waals surface area contributed by atoms with Crippen LogP contribution in [0.25, 0.3) is 0 Å². The van der Waals surface area contributed by atoms with Crippen LogP contribution in [0.5, 0.6) is 0 Å². The number of hydrogen-bond donors (Lipinski definition) is 1. The van der Waals surface area contributed by atoms with Crippen molar-refractivity contribution in [3.05, 3.63) is 47.9 Å². The van der Waals surface area contributed by atoms with Crippen molar-refractivity contribution in [3.63, 3.8) is 0 Å². The summed E-state index contributed by atoms with van der Waals surface area (Å²) in [4.78, 5) is 34.5. The molecule has 0 unspecified atom stereocenters. The van der Waals surface area contributed by atoms with Gasteiger partial charge in [0.2, 0.25) is 5.91 Å². The Balaban J connectivity index is 1.53. The van der Waals surface area contributed by atoms with Crippen molar-refractivity contribution in [1.29, 1.82) is 0 Å². The van der Waals surface area contributed by atoms with Gasteiger partial charge in [0.05, 0.1) is 24.7 Å². The highest BCUT2D eigenvalue weighted by atomic mass is 16.3. The smallest absolute Gasteiger partial charge is 0.274 e. The largest absolute Gasteiger partial charge is 0.467 e. The van der Waals surface area contributed by atoms with E-state index >= 15 is 0 Å². The van der Waals surface area contributed by atoms with Crippen molar-refractivity contribution >= 4 is 11.8 Å². The lowest BCUT2D eigenvalue weighted by molar-refractivity contribution is -0.121. The molecule has 1 saturated carbocycles. The number of furan rings is 1. The van der Waals surface area contributed by atoms with Crippen LogP contribution >= 0.6 is 0 Å². The Kier molecular flexibility index (Phi) is 4.88. The Hall–Kier alpha value is -2.70. The molecule has 2 heterocycles. The van der Waals surface area contributed by atoms with Gasteiger partial charge in [0.25, 0.3) is 5.91 Å². The van der Waals surface area contributed by atoms with Crippen molar-refractivity contribution in [1.82, 2.24) is 20.2 Å². The molecule has 0 aliphatic heterocycles. The van der Waals surface area contributed by atoms with Crippen molar-refractivity contribution in [2.24, 2.45) is 0 Å². The molecule has 3 rings (SSSR count). The molecule has 0 atom stereocenters. The Morgan fingerprint density at radius 2 is 2.17 bits per heavy atom. The summed E-state index contributed by atoms with van der Waals surface area (Å²) in [5.74, 6) is 0.428. The molecule has 2 amide bonds. The number of carbonyl (C=O) groups excluding carboxylic acids is 2. The first kappa shape index (κ1) is 16.2. The SMILES string of the molecule is Cc1cnc(C(=O)N(CCC(=O)NCc2ccco2)C2CC2)cn1. The first-order chi connectivity index (χ1) is 11.6. The maximum Gasteiger partial charge on any atom is 0.274 e. The van der Waals surface area contributed by atoms with E-state index in [1.807, 2.05) is 6.92 Å². The van der Waals surface area contributed by atoms with Gasteiger partial charge in [0, 0.05) is 25.2 Å². The quantitative estimate of drug-likeness (QED) is 0.835. The average molecular weight is 328 g/mol. The van der Waals surface area contributed by atoms with Gasteiger partial charge < -0.3 is 14.6 Å². The lowest BCUT2D eigenvalue weighted by Gasteiger charge is -2.21. The van der Waals surface area contributed by atoms with Gasteiger partial charge in [-0.05, 0) is 31.9 Å². The normalized spacial score (nSPS) is 13.5. The van der Waals surface area contributed by atoms with Crippen molar-refractivity contribution in [2.75, 3.05) is 6.54 Å². The second-order valence-corrected chi connectivity index (χ2v) is 5.88. The van der Waals surface area contributed by atoms with Gasteiger partial charge in [-0.3, -0.25) is 14.6 Å². The topological polar surface area (TPSA) is 88.3 Å². The molecule has 0 saturated heterocycles. The molecular weight excluding hydrogens is 308 g/mol. The van der Waals surface area contributed by atoms with E-state index in [2.05, 4.69) is 15.3 Å². The second-order valence-electron chi connectivity index (χ2n) is 5.88. The minimum atomic E-state index is -0.163. The molecular formula is C17H20N4O3. The monoisotopic (exact) mass is 328 g/mol. The Morgan fingerprint density at radius 1 is 1.33 bits per heavy atom. The maximum absolute atomic E-state index is 12.6. The van der Waals surface area contributed by atoms with E-state index in [1.165, 1.54) is 6.20 Å². The standard InChI is InChI=1S/C17H20N4O3/c1-12-9-19-15(11-18-12)17(23)21(13-4-5-13)7-6-16(22)20-10-14-3-2-8-24-14/h2-3,8-9,11,13H,4-7,10H2,1H3,(H,20,22). The summed E-state index contributed by atoms with van der Waals surface area (Å²) in [7, 11) is 0. The molecule has 1 fully saturated rings. The lowest BCUT2D eigenvalue weighted by atomic mass is 10.3. The highest BCUT2D eigenvalue weighted by Crippen LogP contribution is 2.28. The summed E-state index contributed by atoms with van der Waals surface area (Å²) >= 11 is 0. The van der Waals surface area contributed by atoms with Gasteiger partial charge in [-0.2, -0.15) is 0 Å². The number of nitrogens with one attached hydrogen (secondary N) is 1. The third-order valence-electron chi connectivity index (χ3n) is 3.87. The van der Waals surface area contributed by atoms with Crippen LogP contribution < -0.4 is 5.32 Å². The molecule has 24 heavy (non-hydrogen) atoms. The zero-order chi connectivity index (χ0) is 16.9. The van der Waals surface area contributed by atoms with Gasteiger partial charge in [-0.1, -0.05) is 0 Å². The lowest BCUT2D eigenvalue weighted by Crippen LogP contribution is -2.37. The van der Waals surface area contributed by atoms with E-state index in [-0.39, 0.29) is 24.3 Å². The third kappa shape index (κ3) is 4.18. The molecule has 0 aromatic carbocycles. The molecule has 126 valence electrons. The molecule has 2 aromatic rings. The van der Waals surface area contributed by atoms with E-state index in [1.54, 1.807) is 29.5 Å². The summed E-state index contributed by atoms with van der Waals surface area (Å²) in [5, 5.41) is 2.79. The van der Waals surface area contributed by atoms with Gasteiger partial charge in [0.15, 0.2) is 0 Å². The van der Waals surface area contributed by atoms with E-state index in [9.17, 15) is 9.59 Å². The average Bonchev–Trinajstić information content (AvgIpc) is 3.28. The summed E-state index contributed by atoms with van der Waals surface area (Å²) in [6.07, 6.45) is 6.83. The maximum atomic E-state index is 12.6. The number of hydrogen-bond acceptors (Lipinski definition) is 5. The molecule has 1 N–H and O–H groups in total. The zero-order valence-corrected chi connectivity index (χ0v) is 13.6. The summed E-state index contributed by atoms with van der Waals surface area (Å²) in [6.45, 7) is 2.55. The third-order valence-corrected chi connectivity index (χ3v) is 3.87. The Bertz CT molecular complexity index is 693. The molecule has 1 aliphatic carbocycles. The molecule has 0 radical (unpaired) electrons. The van der Waals surface area contributed by atoms with Crippen molar-refractivity contribution in [3.8, 4) is 0 Å². The predicted molar refractivity (Wildman–Crippen MR) is 86.0 cm³/mol. The Morgan fingerprint density at radius 3 is 2.79 bits per heavy atom. The molecule has 2 aromatic heterocycles. The summed E-state index contributed by atoms with van der Waals surface area (Å²) < 4.78 is 5.17. The van der Waals surface area contributed by atoms with Crippen LogP contribution in [0.15, 0.2) is 35.2 Å². The number of aryl methyl sites for hydroxylation is 1. The van der Waals surface area contributed by atoms with Crippen LogP contribution in [-0.2, 0) is 11.3 Å². The number of amides is 2. The van der Waals surface area contributed by atoms with E-state index < -0.39 is 0 Å². The fourth-order valence-corrected chi connectivity index (χ4v) is 2.40. The summed E-state index contributed by atoms with van der Waals surface area (Å²) in [6, 6.07) is 3.78. The number of nitrogens with zero attached hydrogens (tertiary/aromatic N) is 3. The van der Waals surface area contributed by atoms with E-state index in [4.69, 9.17) is 4.42 Å². The molecule has 7 nitrogen and oxygen atoms in total. The fraction of sp³-hybridized carbons (Fsp3) is 0.412. The van der Waals surface area contributed by atoms with Crippen LogP contribution in [0, 0.1) is 6.92 Å². The van der Waals surface area contributed by atoms with E-state index in [0.29, 0.717) is 24.5 Å². The van der Waals surface area contributed by atoms with Crippen LogP contribution in [0.4, 0.5) is 0 Å². The van der Waals surface area contributed by atoms with Gasteiger partial charge in [0.1, 0.15) is 11.5 Å². The number of aromatic nitrogens is 2. The highest BCUT2D eigenvalue weighted by Gasteiger charge is 2.33. The minimum Gasteiger partial charge on any atom is -0.467 e. The molecule has 0 spiro atoms. The highest BCUT2D eigenvalue weighted by molar-refractivity contribution is 5.92. The molecule has 7 heteroatoms. The molecule has 1 aliphatic rings. The second kappa shape index (κ2) is 7.25. The number of rotatable bonds is 7. The first-order valence-corrected chi connectivity index (χ1v) is 8.02. The fourth-order valence-electron chi connectivity index (χ4n) is 2.40. The van der Waals surface area contributed by atoms with Gasteiger partial charge in [-0.15, -0.1) is 0 Å². The first-order valence-electron chi connectivity index (χ1n) is 8.02. The van der Waals surface area contributed by atoms with Crippen LogP contribution in [0.1, 0.15) is 41.2 Å². The van der Waals surface area contributed by atoms with Crippen molar-refractivity contribution < 1.29 is 14.0 Å². The molecule has 0 bridgehead atoms. The predicted octanol–water partition coefficient (Wildman–Crippen LogP) is 1.69. The van der Waals surface area contributed by atoms with Gasteiger partial charge in [-0.25, -0.2) is 4.98 Å². The van der Waals surface area contributed by atoms with E-state index in [0.717, 1.165) is 18.5 Å². The van der Waals surface area contributed by atoms with Crippen LogP contribution in [-0.4, -0.2) is 39.3 Å². The number of carbonyl (C=O) groups is 2. The minimum absolute atomic E-state index is 0.111. The van der Waals surface area contributed by atoms with Crippen LogP contribution in [0.3, 0.4) is 0 Å². The Labute approximate surface area is 140 Å². The zero-order valence-electron chi connectivity index (χ0n) is 13.6.